The van der Waals surface area contributed by atoms with Gasteiger partial charge >= 0.3 is 0 Å². The zero-order chi connectivity index (χ0) is 9.47. The fourth-order valence-corrected chi connectivity index (χ4v) is 1.31. The van der Waals surface area contributed by atoms with Gasteiger partial charge < -0.3 is 0 Å². The Bertz CT molecular complexity index is 395. The second kappa shape index (κ2) is 2.94. The Morgan fingerprint density at radius 3 is 2.00 bits per heavy atom. The minimum absolute atomic E-state index is 0.0726. The summed E-state index contributed by atoms with van der Waals surface area (Å²) in [5.74, 6) is 0. The normalized spacial score (nSPS) is 12.2. The van der Waals surface area contributed by atoms with Gasteiger partial charge in [-0.2, -0.15) is 15.0 Å². The van der Waals surface area contributed by atoms with Crippen molar-refractivity contribution in [1.29, 1.82) is 0 Å². The van der Waals surface area contributed by atoms with Crippen molar-refractivity contribution in [2.45, 2.75) is 17.4 Å². The summed E-state index contributed by atoms with van der Waals surface area (Å²) in [4.78, 5) is 1.75. The van der Waals surface area contributed by atoms with Crippen LogP contribution in [0.25, 0.3) is 11.0 Å². The van der Waals surface area contributed by atoms with Crippen LogP contribution in [-0.2, 0) is 3.55 Å². The van der Waals surface area contributed by atoms with Crippen LogP contribution in [0, 0.1) is 0 Å². The Hall–Kier alpha value is -0.650. The molecule has 0 saturated carbocycles. The van der Waals surface area contributed by atoms with Crippen molar-refractivity contribution in [3.8, 4) is 0 Å². The lowest BCUT2D eigenvalue weighted by molar-refractivity contribution is 0.448. The van der Waals surface area contributed by atoms with Crippen molar-refractivity contribution in [2.24, 2.45) is 0 Å². The maximum atomic E-state index is 4.38. The number of benzene rings is 1. The molecule has 0 aliphatic carbocycles. The molecule has 1 aromatic carbocycles. The van der Waals surface area contributed by atoms with Gasteiger partial charge in [0.1, 0.15) is 14.6 Å². The Morgan fingerprint density at radius 1 is 1.15 bits per heavy atom. The van der Waals surface area contributed by atoms with Gasteiger partial charge in [-0.05, 0) is 26.0 Å². The molecule has 1 aromatic heterocycles. The number of hydrogen-bond acceptors (Lipinski definition) is 2. The molecule has 13 heavy (non-hydrogen) atoms. The summed E-state index contributed by atoms with van der Waals surface area (Å²) in [6.45, 7) is 4.15. The molecule has 0 fully saturated rings. The molecule has 0 spiro atoms. The van der Waals surface area contributed by atoms with Gasteiger partial charge in [0.25, 0.3) is 0 Å². The topological polar surface area (TPSA) is 30.7 Å². The molecule has 0 N–H and O–H groups in total. The molecule has 0 bridgehead atoms. The largest absolute Gasteiger partial charge is 0.168 e. The van der Waals surface area contributed by atoms with Crippen LogP contribution in [0.4, 0.5) is 0 Å². The predicted molar refractivity (Wildman–Crippen MR) is 60.9 cm³/mol. The second-order valence-electron chi connectivity index (χ2n) is 3.39. The molecular weight excluding hydrogens is 277 g/mol. The summed E-state index contributed by atoms with van der Waals surface area (Å²) in [6.07, 6.45) is 0. The van der Waals surface area contributed by atoms with Crippen LogP contribution in [0.5, 0.6) is 0 Å². The highest BCUT2D eigenvalue weighted by Crippen LogP contribution is 2.22. The van der Waals surface area contributed by atoms with E-state index in [0.717, 1.165) is 11.0 Å². The van der Waals surface area contributed by atoms with Crippen molar-refractivity contribution < 1.29 is 0 Å². The fraction of sp³-hybridized carbons (Fsp3) is 0.333. The minimum atomic E-state index is -0.0726. The van der Waals surface area contributed by atoms with Crippen molar-refractivity contribution >= 4 is 33.6 Å². The van der Waals surface area contributed by atoms with E-state index < -0.39 is 0 Å². The third kappa shape index (κ3) is 1.67. The van der Waals surface area contributed by atoms with Crippen molar-refractivity contribution in [1.82, 2.24) is 15.0 Å². The van der Waals surface area contributed by atoms with Crippen LogP contribution in [-0.4, -0.2) is 15.0 Å². The average Bonchev–Trinajstić information content (AvgIpc) is 2.45. The van der Waals surface area contributed by atoms with E-state index in [0.29, 0.717) is 0 Å². The monoisotopic (exact) mass is 287 g/mol. The summed E-state index contributed by atoms with van der Waals surface area (Å²) in [5, 5.41) is 8.76. The summed E-state index contributed by atoms with van der Waals surface area (Å²) in [7, 11) is 0. The number of aromatic nitrogens is 3. The molecule has 1 heterocycles. The highest BCUT2D eigenvalue weighted by atomic mass is 127. The maximum absolute atomic E-state index is 4.38. The first-order valence-electron chi connectivity index (χ1n) is 4.09. The van der Waals surface area contributed by atoms with Crippen LogP contribution >= 0.6 is 22.6 Å². The van der Waals surface area contributed by atoms with Gasteiger partial charge in [0.2, 0.25) is 0 Å². The number of alkyl halides is 1. The summed E-state index contributed by atoms with van der Waals surface area (Å²) in [5.41, 5.74) is 1.90. The first kappa shape index (κ1) is 8.93. The van der Waals surface area contributed by atoms with E-state index in [1.807, 2.05) is 24.3 Å². The molecule has 0 aliphatic heterocycles. The van der Waals surface area contributed by atoms with Crippen LogP contribution in [0.2, 0.25) is 0 Å². The van der Waals surface area contributed by atoms with Gasteiger partial charge in [-0.1, -0.05) is 34.7 Å². The number of hydrogen-bond donors (Lipinski definition) is 0. The molecule has 0 radical (unpaired) electrons. The molecule has 2 aromatic rings. The average molecular weight is 287 g/mol. The van der Waals surface area contributed by atoms with E-state index in [1.165, 1.54) is 0 Å². The molecule has 0 amide bonds. The van der Waals surface area contributed by atoms with E-state index in [9.17, 15) is 0 Å². The van der Waals surface area contributed by atoms with E-state index in [4.69, 9.17) is 0 Å². The molecule has 0 unspecified atom stereocenters. The summed E-state index contributed by atoms with van der Waals surface area (Å²) in [6, 6.07) is 7.89. The van der Waals surface area contributed by atoms with Crippen molar-refractivity contribution in [2.75, 3.05) is 0 Å². The first-order chi connectivity index (χ1) is 6.07. The molecule has 0 saturated heterocycles. The third-order valence-corrected chi connectivity index (χ3v) is 2.19. The van der Waals surface area contributed by atoms with Crippen molar-refractivity contribution in [3.05, 3.63) is 24.3 Å². The summed E-state index contributed by atoms with van der Waals surface area (Å²) >= 11 is 2.32. The van der Waals surface area contributed by atoms with E-state index in [-0.39, 0.29) is 3.55 Å². The smallest absolute Gasteiger partial charge is 0.127 e. The molecule has 3 nitrogen and oxygen atoms in total. The predicted octanol–water partition coefficient (Wildman–Crippen LogP) is 2.56. The summed E-state index contributed by atoms with van der Waals surface area (Å²) < 4.78 is -0.0726. The van der Waals surface area contributed by atoms with E-state index in [1.54, 1.807) is 4.80 Å². The van der Waals surface area contributed by atoms with Gasteiger partial charge in [0.05, 0.1) is 0 Å². The molecule has 0 atom stereocenters. The standard InChI is InChI=1S/C9H10IN3/c1-9(2,10)13-11-7-5-3-4-6-8(7)12-13/h3-6H,1-2H3. The fourth-order valence-electron chi connectivity index (χ4n) is 1.10. The van der Waals surface area contributed by atoms with Gasteiger partial charge in [-0.15, -0.1) is 0 Å². The van der Waals surface area contributed by atoms with Gasteiger partial charge in [-0.3, -0.25) is 0 Å². The number of halogens is 1. The Balaban J connectivity index is 2.63. The Labute approximate surface area is 90.3 Å². The maximum Gasteiger partial charge on any atom is 0.127 e. The van der Waals surface area contributed by atoms with Gasteiger partial charge in [-0.25, -0.2) is 0 Å². The molecule has 2 rings (SSSR count). The number of fused-ring (bicyclic) bond motifs is 1. The van der Waals surface area contributed by atoms with Crippen LogP contribution in [0.1, 0.15) is 13.8 Å². The minimum Gasteiger partial charge on any atom is -0.168 e. The second-order valence-corrected chi connectivity index (χ2v) is 6.03. The Morgan fingerprint density at radius 2 is 1.62 bits per heavy atom. The van der Waals surface area contributed by atoms with Crippen molar-refractivity contribution in [3.63, 3.8) is 0 Å². The van der Waals surface area contributed by atoms with Crippen LogP contribution < -0.4 is 0 Å². The van der Waals surface area contributed by atoms with E-state index >= 15 is 0 Å². The van der Waals surface area contributed by atoms with Gasteiger partial charge in [0.15, 0.2) is 0 Å². The first-order valence-corrected chi connectivity index (χ1v) is 5.17. The lowest BCUT2D eigenvalue weighted by Gasteiger charge is -2.13. The number of nitrogens with zero attached hydrogens (tertiary/aromatic N) is 3. The third-order valence-electron chi connectivity index (χ3n) is 1.76. The highest BCUT2D eigenvalue weighted by molar-refractivity contribution is 14.1. The van der Waals surface area contributed by atoms with E-state index in [2.05, 4.69) is 46.6 Å². The Kier molecular flexibility index (Phi) is 2.02. The lowest BCUT2D eigenvalue weighted by Crippen LogP contribution is -2.20. The molecular formula is C9H10IN3. The van der Waals surface area contributed by atoms with Gasteiger partial charge in [0, 0.05) is 0 Å². The lowest BCUT2D eigenvalue weighted by atomic mass is 10.3. The quantitative estimate of drug-likeness (QED) is 0.596. The van der Waals surface area contributed by atoms with Crippen LogP contribution in [0.3, 0.4) is 0 Å². The molecule has 4 heteroatoms. The molecule has 0 aliphatic rings. The zero-order valence-electron chi connectivity index (χ0n) is 7.53. The van der Waals surface area contributed by atoms with Crippen LogP contribution in [0.15, 0.2) is 24.3 Å². The number of rotatable bonds is 1. The SMILES string of the molecule is CC(C)(I)n1nc2ccccc2n1. The zero-order valence-corrected chi connectivity index (χ0v) is 9.69. The molecule has 68 valence electrons. The highest BCUT2D eigenvalue weighted by Gasteiger charge is 2.17.